The monoisotopic (exact) mass is 159 g/mol. The van der Waals surface area contributed by atoms with E-state index in [2.05, 4.69) is 12.2 Å². The van der Waals surface area contributed by atoms with Gasteiger partial charge in [-0.1, -0.05) is 20.3 Å². The van der Waals surface area contributed by atoms with Crippen LogP contribution in [0.15, 0.2) is 0 Å². The van der Waals surface area contributed by atoms with Crippen LogP contribution in [0.2, 0.25) is 0 Å². The normalized spacial score (nSPS) is 9.64. The Bertz CT molecular complexity index is 104. The van der Waals surface area contributed by atoms with E-state index in [9.17, 15) is 4.79 Å². The summed E-state index contributed by atoms with van der Waals surface area (Å²) in [6.07, 6.45) is 2.50. The van der Waals surface area contributed by atoms with Crippen LogP contribution in [-0.4, -0.2) is 19.2 Å². The second kappa shape index (κ2) is 7.54. The fourth-order valence-corrected chi connectivity index (χ4v) is 0.627. The fraction of sp³-hybridized carbons (Fsp3) is 0.875. The van der Waals surface area contributed by atoms with Crippen LogP contribution in [0.1, 0.15) is 33.1 Å². The number of ether oxygens (including phenoxy) is 1. The molecular formula is C8H17NO2. The van der Waals surface area contributed by atoms with Crippen molar-refractivity contribution in [3.05, 3.63) is 0 Å². The summed E-state index contributed by atoms with van der Waals surface area (Å²) < 4.78 is 4.83. The molecule has 0 aromatic rings. The Balaban J connectivity index is 3.09. The van der Waals surface area contributed by atoms with Gasteiger partial charge in [0.15, 0.2) is 0 Å². The molecule has 0 amide bonds. The van der Waals surface area contributed by atoms with E-state index in [4.69, 9.17) is 4.74 Å². The van der Waals surface area contributed by atoms with Crippen LogP contribution in [0.5, 0.6) is 0 Å². The van der Waals surface area contributed by atoms with E-state index < -0.39 is 0 Å². The Hall–Kier alpha value is -0.570. The third-order valence-corrected chi connectivity index (χ3v) is 1.32. The summed E-state index contributed by atoms with van der Waals surface area (Å²) in [4.78, 5) is 10.8. The Kier molecular flexibility index (Phi) is 7.15. The van der Waals surface area contributed by atoms with Crippen LogP contribution < -0.4 is 5.32 Å². The molecule has 0 fully saturated rings. The van der Waals surface area contributed by atoms with Crippen LogP contribution in [0.25, 0.3) is 0 Å². The number of nitrogens with one attached hydrogen (secondary N) is 1. The first-order chi connectivity index (χ1) is 5.31. The van der Waals surface area contributed by atoms with E-state index >= 15 is 0 Å². The van der Waals surface area contributed by atoms with E-state index in [1.807, 2.05) is 6.92 Å². The third-order valence-electron chi connectivity index (χ3n) is 1.32. The van der Waals surface area contributed by atoms with Crippen molar-refractivity contribution in [1.82, 2.24) is 5.32 Å². The van der Waals surface area contributed by atoms with Gasteiger partial charge in [0.2, 0.25) is 0 Å². The van der Waals surface area contributed by atoms with Gasteiger partial charge in [0.05, 0.1) is 0 Å². The molecule has 0 saturated heterocycles. The highest BCUT2D eigenvalue weighted by molar-refractivity contribution is 5.69. The first-order valence-electron chi connectivity index (χ1n) is 4.17. The molecule has 0 aliphatic rings. The molecule has 0 atom stereocenters. The van der Waals surface area contributed by atoms with E-state index in [0.717, 1.165) is 19.4 Å². The first-order valence-corrected chi connectivity index (χ1v) is 4.17. The van der Waals surface area contributed by atoms with Gasteiger partial charge in [-0.2, -0.15) is 0 Å². The summed E-state index contributed by atoms with van der Waals surface area (Å²) in [7, 11) is 0. The molecule has 0 aliphatic heterocycles. The quantitative estimate of drug-likeness (QED) is 0.360. The molecule has 66 valence electrons. The van der Waals surface area contributed by atoms with E-state index in [0.29, 0.717) is 13.2 Å². The van der Waals surface area contributed by atoms with Crippen molar-refractivity contribution in [3.63, 3.8) is 0 Å². The lowest BCUT2D eigenvalue weighted by Crippen LogP contribution is -2.20. The van der Waals surface area contributed by atoms with Crippen molar-refractivity contribution in [2.45, 2.75) is 33.1 Å². The van der Waals surface area contributed by atoms with Gasteiger partial charge in [-0.05, 0) is 13.0 Å². The van der Waals surface area contributed by atoms with Crippen molar-refractivity contribution in [1.29, 1.82) is 0 Å². The van der Waals surface area contributed by atoms with Crippen molar-refractivity contribution in [2.75, 3.05) is 13.3 Å². The zero-order valence-corrected chi connectivity index (χ0v) is 7.35. The van der Waals surface area contributed by atoms with Gasteiger partial charge in [-0.25, -0.2) is 0 Å². The Morgan fingerprint density at radius 2 is 2.18 bits per heavy atom. The molecule has 3 nitrogen and oxygen atoms in total. The van der Waals surface area contributed by atoms with E-state index in [-0.39, 0.29) is 5.97 Å². The fourth-order valence-electron chi connectivity index (χ4n) is 0.627. The van der Waals surface area contributed by atoms with Crippen LogP contribution in [0.3, 0.4) is 0 Å². The van der Waals surface area contributed by atoms with Gasteiger partial charge < -0.3 is 4.74 Å². The molecule has 0 rings (SSSR count). The Morgan fingerprint density at radius 3 is 2.73 bits per heavy atom. The van der Waals surface area contributed by atoms with Gasteiger partial charge >= 0.3 is 5.97 Å². The molecule has 3 heteroatoms. The van der Waals surface area contributed by atoms with Gasteiger partial charge in [0, 0.05) is 6.42 Å². The van der Waals surface area contributed by atoms with Crippen LogP contribution in [-0.2, 0) is 9.53 Å². The summed E-state index contributed by atoms with van der Waals surface area (Å²) in [5.74, 6) is -0.104. The number of hydrogen-bond acceptors (Lipinski definition) is 3. The molecule has 0 bridgehead atoms. The number of rotatable bonds is 6. The molecule has 0 saturated carbocycles. The van der Waals surface area contributed by atoms with Crippen LogP contribution in [0.4, 0.5) is 0 Å². The predicted octanol–water partition coefficient (Wildman–Crippen LogP) is 1.29. The highest BCUT2D eigenvalue weighted by Gasteiger charge is 1.99. The van der Waals surface area contributed by atoms with Crippen molar-refractivity contribution in [3.8, 4) is 0 Å². The minimum absolute atomic E-state index is 0.104. The minimum atomic E-state index is -0.104. The van der Waals surface area contributed by atoms with Gasteiger partial charge in [-0.3, -0.25) is 10.1 Å². The minimum Gasteiger partial charge on any atom is -0.450 e. The van der Waals surface area contributed by atoms with Crippen LogP contribution >= 0.6 is 0 Å². The highest BCUT2D eigenvalue weighted by atomic mass is 16.5. The average Bonchev–Trinajstić information content (AvgIpc) is 2.01. The summed E-state index contributed by atoms with van der Waals surface area (Å²) in [5, 5.41) is 2.91. The lowest BCUT2D eigenvalue weighted by Gasteiger charge is -2.03. The smallest absolute Gasteiger partial charge is 0.307 e. The molecule has 11 heavy (non-hydrogen) atoms. The molecular weight excluding hydrogens is 142 g/mol. The van der Waals surface area contributed by atoms with E-state index in [1.54, 1.807) is 0 Å². The largest absolute Gasteiger partial charge is 0.450 e. The van der Waals surface area contributed by atoms with E-state index in [1.165, 1.54) is 0 Å². The Labute approximate surface area is 68.1 Å². The maximum atomic E-state index is 10.8. The molecule has 0 aromatic heterocycles. The number of hydrogen-bond donors (Lipinski definition) is 1. The summed E-state index contributed by atoms with van der Waals surface area (Å²) in [5.41, 5.74) is 0. The Morgan fingerprint density at radius 1 is 1.45 bits per heavy atom. The predicted molar refractivity (Wildman–Crippen MR) is 44.2 cm³/mol. The van der Waals surface area contributed by atoms with Gasteiger partial charge in [0.1, 0.15) is 6.73 Å². The summed E-state index contributed by atoms with van der Waals surface area (Å²) >= 11 is 0. The number of unbranched alkanes of at least 4 members (excludes halogenated alkanes) is 1. The van der Waals surface area contributed by atoms with Crippen molar-refractivity contribution in [2.24, 2.45) is 0 Å². The lowest BCUT2D eigenvalue weighted by atomic mass is 10.3. The van der Waals surface area contributed by atoms with Gasteiger partial charge in [0.25, 0.3) is 0 Å². The van der Waals surface area contributed by atoms with Gasteiger partial charge in [-0.15, -0.1) is 0 Å². The number of esters is 1. The first kappa shape index (κ1) is 10.4. The standard InChI is InChI=1S/C8H17NO2/c1-3-5-6-8(10)11-7-9-4-2/h9H,3-7H2,1-2H3. The summed E-state index contributed by atoms with van der Waals surface area (Å²) in [6, 6.07) is 0. The highest BCUT2D eigenvalue weighted by Crippen LogP contribution is 1.95. The number of carbonyl (C=O) groups excluding carboxylic acids is 1. The molecule has 0 aliphatic carbocycles. The molecule has 0 radical (unpaired) electrons. The molecule has 0 spiro atoms. The van der Waals surface area contributed by atoms with Crippen LogP contribution in [0, 0.1) is 0 Å². The maximum absolute atomic E-state index is 10.8. The second-order valence-electron chi connectivity index (χ2n) is 2.37. The second-order valence-corrected chi connectivity index (χ2v) is 2.37. The van der Waals surface area contributed by atoms with Crippen molar-refractivity contribution < 1.29 is 9.53 Å². The average molecular weight is 159 g/mol. The third kappa shape index (κ3) is 7.33. The molecule has 1 N–H and O–H groups in total. The number of carbonyl (C=O) groups is 1. The zero-order chi connectivity index (χ0) is 8.53. The SMILES string of the molecule is CCCCC(=O)OCNCC. The molecule has 0 aromatic carbocycles. The topological polar surface area (TPSA) is 38.3 Å². The summed E-state index contributed by atoms with van der Waals surface area (Å²) in [6.45, 7) is 5.21. The molecule has 0 unspecified atom stereocenters. The maximum Gasteiger partial charge on any atom is 0.307 e. The zero-order valence-electron chi connectivity index (χ0n) is 7.35. The molecule has 0 heterocycles. The van der Waals surface area contributed by atoms with Crippen molar-refractivity contribution >= 4 is 5.97 Å². The lowest BCUT2D eigenvalue weighted by molar-refractivity contribution is -0.144.